The van der Waals surface area contributed by atoms with E-state index in [2.05, 4.69) is 19.3 Å². The topological polar surface area (TPSA) is 86.5 Å². The van der Waals surface area contributed by atoms with E-state index >= 15 is 0 Å². The highest BCUT2D eigenvalue weighted by Gasteiger charge is 2.46. The summed E-state index contributed by atoms with van der Waals surface area (Å²) in [5, 5.41) is 10.1. The minimum absolute atomic E-state index is 0.0114. The maximum absolute atomic E-state index is 11.8. The summed E-state index contributed by atoms with van der Waals surface area (Å²) >= 11 is 0. The normalized spacial score (nSPS) is 17.6. The summed E-state index contributed by atoms with van der Waals surface area (Å²) in [4.78, 5) is 33.3. The second-order valence-electron chi connectivity index (χ2n) is 7.83. The lowest BCUT2D eigenvalue weighted by molar-refractivity contribution is -0.137. The number of carboxylic acids is 1. The van der Waals surface area contributed by atoms with Crippen LogP contribution in [0, 0.1) is 5.92 Å². The first-order valence-corrected chi connectivity index (χ1v) is 10.2. The van der Waals surface area contributed by atoms with Gasteiger partial charge in [-0.3, -0.25) is 14.6 Å². The van der Waals surface area contributed by atoms with Crippen molar-refractivity contribution in [3.63, 3.8) is 0 Å². The molecule has 1 saturated heterocycles. The van der Waals surface area contributed by atoms with E-state index in [1.807, 2.05) is 0 Å². The van der Waals surface area contributed by atoms with Gasteiger partial charge in [0, 0.05) is 6.42 Å². The quantitative estimate of drug-likeness (QED) is 0.232. The fourth-order valence-corrected chi connectivity index (χ4v) is 3.19. The third-order valence-corrected chi connectivity index (χ3v) is 4.91. The average molecular weight is 369 g/mol. The largest absolute Gasteiger partial charge is 0.481 e. The van der Waals surface area contributed by atoms with Crippen LogP contribution in [0.2, 0.25) is 0 Å². The predicted molar refractivity (Wildman–Crippen MR) is 101 cm³/mol. The number of amides is 1. The Balaban J connectivity index is 1.99. The first kappa shape index (κ1) is 22.6. The summed E-state index contributed by atoms with van der Waals surface area (Å²) < 4.78 is 0. The molecule has 2 unspecified atom stereocenters. The minimum Gasteiger partial charge on any atom is -0.481 e. The van der Waals surface area contributed by atoms with E-state index < -0.39 is 12.0 Å². The molecular formula is C20H36N2O4. The number of rotatable bonds is 17. The lowest BCUT2D eigenvalue weighted by Gasteiger charge is -2.12. The van der Waals surface area contributed by atoms with Gasteiger partial charge in [-0.25, -0.2) is 5.43 Å². The standard InChI is InChI=1S/C20H36N2O4/c1-16(2)11-9-7-5-3-4-6-8-10-12-18-20(26)22(18)21-17(15-23)13-14-19(24)25/h15-18,21H,3-14H2,1-2H3,(H,24,25). The van der Waals surface area contributed by atoms with Gasteiger partial charge in [-0.15, -0.1) is 0 Å². The van der Waals surface area contributed by atoms with Crippen LogP contribution in [0.3, 0.4) is 0 Å². The molecule has 1 aliphatic rings. The molecule has 1 rings (SSSR count). The Morgan fingerprint density at radius 2 is 1.65 bits per heavy atom. The van der Waals surface area contributed by atoms with E-state index in [1.165, 1.54) is 50.0 Å². The molecule has 0 radical (unpaired) electrons. The number of hydrogen-bond donors (Lipinski definition) is 2. The molecule has 0 saturated carbocycles. The van der Waals surface area contributed by atoms with Crippen LogP contribution in [0.1, 0.15) is 90.9 Å². The number of aldehydes is 1. The summed E-state index contributed by atoms with van der Waals surface area (Å²) in [5.74, 6) is -0.113. The number of unbranched alkanes of at least 4 members (excludes halogenated alkanes) is 7. The maximum atomic E-state index is 11.8. The van der Waals surface area contributed by atoms with E-state index in [1.54, 1.807) is 0 Å². The third kappa shape index (κ3) is 9.90. The Morgan fingerprint density at radius 3 is 2.19 bits per heavy atom. The number of hydrazine groups is 1. The fourth-order valence-electron chi connectivity index (χ4n) is 3.19. The highest BCUT2D eigenvalue weighted by atomic mass is 16.4. The molecule has 0 bridgehead atoms. The summed E-state index contributed by atoms with van der Waals surface area (Å²) in [7, 11) is 0. The van der Waals surface area contributed by atoms with Gasteiger partial charge in [0.15, 0.2) is 0 Å². The maximum Gasteiger partial charge on any atom is 0.303 e. The number of carbonyl (C=O) groups is 3. The lowest BCUT2D eigenvalue weighted by atomic mass is 10.0. The van der Waals surface area contributed by atoms with Crippen LogP contribution in [0.15, 0.2) is 0 Å². The monoisotopic (exact) mass is 368 g/mol. The van der Waals surface area contributed by atoms with Gasteiger partial charge in [-0.2, -0.15) is 0 Å². The van der Waals surface area contributed by atoms with Gasteiger partial charge in [0.05, 0.1) is 6.04 Å². The fraction of sp³-hybridized carbons (Fsp3) is 0.850. The summed E-state index contributed by atoms with van der Waals surface area (Å²) in [5.41, 5.74) is 2.84. The Kier molecular flexibility index (Phi) is 11.2. The first-order valence-electron chi connectivity index (χ1n) is 10.2. The van der Waals surface area contributed by atoms with Crippen molar-refractivity contribution in [2.45, 2.75) is 103 Å². The lowest BCUT2D eigenvalue weighted by Crippen LogP contribution is -2.37. The van der Waals surface area contributed by atoms with Gasteiger partial charge in [0.1, 0.15) is 12.3 Å². The molecule has 1 aliphatic heterocycles. The highest BCUT2D eigenvalue weighted by Crippen LogP contribution is 2.24. The second-order valence-corrected chi connectivity index (χ2v) is 7.83. The van der Waals surface area contributed by atoms with Gasteiger partial charge in [0.2, 0.25) is 0 Å². The van der Waals surface area contributed by atoms with Crippen molar-refractivity contribution in [3.05, 3.63) is 0 Å². The van der Waals surface area contributed by atoms with Crippen LogP contribution in [-0.4, -0.2) is 40.4 Å². The van der Waals surface area contributed by atoms with Crippen molar-refractivity contribution < 1.29 is 19.5 Å². The van der Waals surface area contributed by atoms with Crippen molar-refractivity contribution in [2.75, 3.05) is 0 Å². The van der Waals surface area contributed by atoms with Crippen molar-refractivity contribution in [3.8, 4) is 0 Å². The Hall–Kier alpha value is -1.43. The molecule has 1 heterocycles. The summed E-state index contributed by atoms with van der Waals surface area (Å²) in [6, 6.07) is -0.742. The van der Waals surface area contributed by atoms with Crippen molar-refractivity contribution in [1.29, 1.82) is 0 Å². The second kappa shape index (κ2) is 12.8. The van der Waals surface area contributed by atoms with E-state index in [4.69, 9.17) is 5.11 Å². The molecule has 6 nitrogen and oxygen atoms in total. The Labute approximate surface area is 157 Å². The van der Waals surface area contributed by atoms with Crippen LogP contribution >= 0.6 is 0 Å². The van der Waals surface area contributed by atoms with Crippen LogP contribution in [0.5, 0.6) is 0 Å². The van der Waals surface area contributed by atoms with Crippen LogP contribution in [0.25, 0.3) is 0 Å². The first-order chi connectivity index (χ1) is 12.5. The molecule has 0 aromatic carbocycles. The van der Waals surface area contributed by atoms with Gasteiger partial charge >= 0.3 is 5.97 Å². The van der Waals surface area contributed by atoms with Gasteiger partial charge in [-0.05, 0) is 18.8 Å². The molecule has 1 fully saturated rings. The van der Waals surface area contributed by atoms with Gasteiger partial charge in [-0.1, -0.05) is 71.6 Å². The van der Waals surface area contributed by atoms with Crippen LogP contribution in [0.4, 0.5) is 0 Å². The van der Waals surface area contributed by atoms with E-state index in [9.17, 15) is 14.4 Å². The number of carboxylic acid groups (broad SMARTS) is 1. The van der Waals surface area contributed by atoms with Gasteiger partial charge in [0.25, 0.3) is 5.91 Å². The Bertz CT molecular complexity index is 440. The number of hydrogen-bond acceptors (Lipinski definition) is 4. The molecule has 26 heavy (non-hydrogen) atoms. The minimum atomic E-state index is -0.938. The van der Waals surface area contributed by atoms with E-state index in [0.717, 1.165) is 25.2 Å². The van der Waals surface area contributed by atoms with Crippen molar-refractivity contribution in [2.24, 2.45) is 5.92 Å². The molecule has 0 spiro atoms. The zero-order valence-electron chi connectivity index (χ0n) is 16.4. The highest BCUT2D eigenvalue weighted by molar-refractivity contribution is 5.96. The number of aliphatic carboxylic acids is 1. The zero-order chi connectivity index (χ0) is 19.4. The molecule has 2 atom stereocenters. The average Bonchev–Trinajstić information content (AvgIpc) is 3.20. The molecule has 6 heteroatoms. The molecular weight excluding hydrogens is 332 g/mol. The SMILES string of the molecule is CC(C)CCCCCCCCCCC1C(=O)N1NC(C=O)CCC(=O)O. The molecule has 1 amide bonds. The number of carbonyl (C=O) groups excluding carboxylic acids is 2. The molecule has 150 valence electrons. The number of nitrogens with one attached hydrogen (secondary N) is 1. The Morgan fingerprint density at radius 1 is 1.08 bits per heavy atom. The van der Waals surface area contributed by atoms with Crippen molar-refractivity contribution in [1.82, 2.24) is 10.4 Å². The number of nitrogens with zero attached hydrogens (tertiary/aromatic N) is 1. The molecule has 0 aromatic rings. The van der Waals surface area contributed by atoms with Gasteiger partial charge < -0.3 is 9.90 Å². The summed E-state index contributed by atoms with van der Waals surface area (Å²) in [6.07, 6.45) is 12.9. The molecule has 0 aliphatic carbocycles. The molecule has 2 N–H and O–H groups in total. The summed E-state index contributed by atoms with van der Waals surface area (Å²) in [6.45, 7) is 4.55. The van der Waals surface area contributed by atoms with E-state index in [0.29, 0.717) is 6.29 Å². The predicted octanol–water partition coefficient (Wildman–Crippen LogP) is 3.69. The molecule has 0 aromatic heterocycles. The smallest absolute Gasteiger partial charge is 0.303 e. The van der Waals surface area contributed by atoms with Crippen LogP contribution in [-0.2, 0) is 14.4 Å². The van der Waals surface area contributed by atoms with E-state index in [-0.39, 0.29) is 24.8 Å². The third-order valence-electron chi connectivity index (χ3n) is 4.91. The zero-order valence-corrected chi connectivity index (χ0v) is 16.4. The van der Waals surface area contributed by atoms with Crippen molar-refractivity contribution >= 4 is 18.2 Å². The van der Waals surface area contributed by atoms with Crippen LogP contribution < -0.4 is 5.43 Å².